The Labute approximate surface area is 185 Å². The van der Waals surface area contributed by atoms with Crippen molar-refractivity contribution >= 4 is 17.3 Å². The highest BCUT2D eigenvalue weighted by Gasteiger charge is 2.53. The van der Waals surface area contributed by atoms with Gasteiger partial charge in [-0.3, -0.25) is 4.79 Å². The van der Waals surface area contributed by atoms with Gasteiger partial charge in [-0.1, -0.05) is 30.3 Å². The molecule has 3 nitrogen and oxygen atoms in total. The van der Waals surface area contributed by atoms with Crippen molar-refractivity contribution in [3.8, 4) is 0 Å². The van der Waals surface area contributed by atoms with Crippen LogP contribution in [0.15, 0.2) is 66.7 Å². The molecule has 1 aliphatic heterocycles. The lowest BCUT2D eigenvalue weighted by Gasteiger charge is -2.43. The van der Waals surface area contributed by atoms with Crippen molar-refractivity contribution in [2.45, 2.75) is 31.2 Å². The zero-order chi connectivity index (χ0) is 21.8. The van der Waals surface area contributed by atoms with Gasteiger partial charge in [0.1, 0.15) is 11.6 Å². The zero-order valence-electron chi connectivity index (χ0n) is 17.5. The average Bonchev–Trinajstić information content (AvgIpc) is 3.43. The molecule has 1 heterocycles. The van der Waals surface area contributed by atoms with Crippen LogP contribution in [0.4, 0.5) is 20.2 Å². The maximum Gasteiger partial charge on any atom is 0.255 e. The number of hydrogen-bond acceptors (Lipinski definition) is 2. The number of carbonyl (C=O) groups is 1. The number of amides is 1. The Kier molecular flexibility index (Phi) is 4.53. The molecule has 32 heavy (non-hydrogen) atoms. The quantitative estimate of drug-likeness (QED) is 0.497. The second-order valence-electron chi connectivity index (χ2n) is 9.35. The normalized spacial score (nSPS) is 27.4. The average molecular weight is 430 g/mol. The molecule has 2 N–H and O–H groups in total. The third-order valence-electron chi connectivity index (χ3n) is 7.69. The van der Waals surface area contributed by atoms with Crippen molar-refractivity contribution in [1.29, 1.82) is 0 Å². The van der Waals surface area contributed by atoms with Crippen molar-refractivity contribution in [3.63, 3.8) is 0 Å². The van der Waals surface area contributed by atoms with E-state index in [-0.39, 0.29) is 17.6 Å². The van der Waals surface area contributed by atoms with Crippen LogP contribution in [-0.2, 0) is 0 Å². The molecule has 2 aliphatic carbocycles. The van der Waals surface area contributed by atoms with Gasteiger partial charge < -0.3 is 10.6 Å². The molecule has 0 aromatic heterocycles. The van der Waals surface area contributed by atoms with E-state index in [4.69, 9.17) is 0 Å². The molecule has 5 atom stereocenters. The molecule has 2 fully saturated rings. The summed E-state index contributed by atoms with van der Waals surface area (Å²) >= 11 is 0. The van der Waals surface area contributed by atoms with Gasteiger partial charge in [-0.25, -0.2) is 8.78 Å². The SMILES string of the molecule is O=C(Nc1ccc(F)cc1F)c1ccc2c(c1)[C@@H]1[C@H]3CC[C@@H](C3)[C@@H]1[C@@H](c1ccccc1)N2. The summed E-state index contributed by atoms with van der Waals surface area (Å²) in [5.41, 5.74) is 4.07. The van der Waals surface area contributed by atoms with E-state index < -0.39 is 11.6 Å². The molecule has 3 aromatic rings. The minimum absolute atomic E-state index is 0.0193. The third-order valence-corrected chi connectivity index (χ3v) is 7.69. The monoisotopic (exact) mass is 430 g/mol. The van der Waals surface area contributed by atoms with Crippen LogP contribution in [0.2, 0.25) is 0 Å². The van der Waals surface area contributed by atoms with Crippen molar-refractivity contribution in [1.82, 2.24) is 0 Å². The lowest BCUT2D eigenvalue weighted by Crippen LogP contribution is -2.35. The molecule has 5 heteroatoms. The van der Waals surface area contributed by atoms with Gasteiger partial charge in [-0.05, 0) is 84.4 Å². The highest BCUT2D eigenvalue weighted by atomic mass is 19.1. The van der Waals surface area contributed by atoms with Crippen LogP contribution < -0.4 is 10.6 Å². The molecule has 6 rings (SSSR count). The molecule has 3 aromatic carbocycles. The minimum atomic E-state index is -0.781. The van der Waals surface area contributed by atoms with E-state index in [1.54, 1.807) is 6.07 Å². The Morgan fingerprint density at radius 2 is 1.75 bits per heavy atom. The van der Waals surface area contributed by atoms with E-state index in [1.165, 1.54) is 36.5 Å². The summed E-state index contributed by atoms with van der Waals surface area (Å²) in [6, 6.07) is 19.8. The van der Waals surface area contributed by atoms with E-state index >= 15 is 0 Å². The third kappa shape index (κ3) is 3.10. The maximum absolute atomic E-state index is 14.0. The molecule has 0 radical (unpaired) electrons. The van der Waals surface area contributed by atoms with Crippen molar-refractivity contribution < 1.29 is 13.6 Å². The second kappa shape index (κ2) is 7.44. The van der Waals surface area contributed by atoms with Crippen LogP contribution in [-0.4, -0.2) is 5.91 Å². The molecule has 162 valence electrons. The van der Waals surface area contributed by atoms with Crippen molar-refractivity contribution in [2.24, 2.45) is 17.8 Å². The first-order valence-electron chi connectivity index (χ1n) is 11.3. The largest absolute Gasteiger partial charge is 0.378 e. The smallest absolute Gasteiger partial charge is 0.255 e. The Bertz CT molecular complexity index is 1200. The standard InChI is InChI=1S/C27H24F2N2O/c28-19-9-11-23(21(29)14-19)31-27(32)18-8-10-22-20(13-18)24-16-6-7-17(12-16)25(24)26(30-22)15-4-2-1-3-5-15/h1-5,8-11,13-14,16-17,24-26,30H,6-7,12H2,(H,31,32)/t16-,17-,24-,25-,26+/m0/s1. The van der Waals surface area contributed by atoms with Crippen molar-refractivity contribution in [3.05, 3.63) is 95.1 Å². The van der Waals surface area contributed by atoms with Crippen LogP contribution in [0.3, 0.4) is 0 Å². The number of anilines is 2. The molecule has 0 saturated heterocycles. The van der Waals surface area contributed by atoms with Gasteiger partial charge in [-0.15, -0.1) is 0 Å². The number of rotatable bonds is 3. The first-order chi connectivity index (χ1) is 15.6. The van der Waals surface area contributed by atoms with Crippen LogP contribution in [0.1, 0.15) is 52.7 Å². The van der Waals surface area contributed by atoms with E-state index in [0.717, 1.165) is 17.8 Å². The summed E-state index contributed by atoms with van der Waals surface area (Å²) in [7, 11) is 0. The van der Waals surface area contributed by atoms with Gasteiger partial charge in [0.25, 0.3) is 5.91 Å². The van der Waals surface area contributed by atoms with E-state index in [9.17, 15) is 13.6 Å². The number of fused-ring (bicyclic) bond motifs is 7. The molecular formula is C27H24F2N2O. The number of nitrogens with one attached hydrogen (secondary N) is 2. The fourth-order valence-corrected chi connectivity index (χ4v) is 6.40. The Hall–Kier alpha value is -3.21. The lowest BCUT2D eigenvalue weighted by molar-refractivity contribution is 0.102. The topological polar surface area (TPSA) is 41.1 Å². The predicted octanol–water partition coefficient (Wildman–Crippen LogP) is 6.51. The molecule has 0 spiro atoms. The number of halogens is 2. The molecular weight excluding hydrogens is 406 g/mol. The maximum atomic E-state index is 14.0. The summed E-state index contributed by atoms with van der Waals surface area (Å²) in [5, 5.41) is 6.36. The van der Waals surface area contributed by atoms with Gasteiger partial charge in [0.15, 0.2) is 0 Å². The van der Waals surface area contributed by atoms with E-state index in [0.29, 0.717) is 29.2 Å². The van der Waals surface area contributed by atoms with Crippen LogP contribution in [0.25, 0.3) is 0 Å². The predicted molar refractivity (Wildman–Crippen MR) is 121 cm³/mol. The Balaban J connectivity index is 1.34. The Morgan fingerprint density at radius 3 is 2.56 bits per heavy atom. The van der Waals surface area contributed by atoms with E-state index in [2.05, 4.69) is 34.9 Å². The van der Waals surface area contributed by atoms with Crippen LogP contribution in [0.5, 0.6) is 0 Å². The minimum Gasteiger partial charge on any atom is -0.378 e. The molecule has 3 aliphatic rings. The second-order valence-corrected chi connectivity index (χ2v) is 9.35. The zero-order valence-corrected chi connectivity index (χ0v) is 17.5. The number of hydrogen-bond donors (Lipinski definition) is 2. The molecule has 0 unspecified atom stereocenters. The summed E-state index contributed by atoms with van der Waals surface area (Å²) in [5.74, 6) is 0.435. The molecule has 2 saturated carbocycles. The first kappa shape index (κ1) is 19.5. The molecule has 2 bridgehead atoms. The summed E-state index contributed by atoms with van der Waals surface area (Å²) in [6.45, 7) is 0. The number of benzene rings is 3. The summed E-state index contributed by atoms with van der Waals surface area (Å²) in [4.78, 5) is 12.9. The number of carbonyl (C=O) groups excluding carboxylic acids is 1. The van der Waals surface area contributed by atoms with E-state index in [1.807, 2.05) is 18.2 Å². The van der Waals surface area contributed by atoms with Gasteiger partial charge >= 0.3 is 0 Å². The van der Waals surface area contributed by atoms with Gasteiger partial charge in [-0.2, -0.15) is 0 Å². The van der Waals surface area contributed by atoms with Crippen LogP contribution >= 0.6 is 0 Å². The summed E-state index contributed by atoms with van der Waals surface area (Å²) < 4.78 is 27.2. The fraction of sp³-hybridized carbons (Fsp3) is 0.296. The van der Waals surface area contributed by atoms with Crippen LogP contribution in [0, 0.1) is 29.4 Å². The van der Waals surface area contributed by atoms with Gasteiger partial charge in [0, 0.05) is 17.3 Å². The first-order valence-corrected chi connectivity index (χ1v) is 11.3. The summed E-state index contributed by atoms with van der Waals surface area (Å²) in [6.07, 6.45) is 3.76. The van der Waals surface area contributed by atoms with Gasteiger partial charge in [0.2, 0.25) is 0 Å². The fourth-order valence-electron chi connectivity index (χ4n) is 6.40. The molecule has 1 amide bonds. The highest BCUT2D eigenvalue weighted by molar-refractivity contribution is 6.04. The Morgan fingerprint density at radius 1 is 0.938 bits per heavy atom. The highest BCUT2D eigenvalue weighted by Crippen LogP contribution is 2.63. The van der Waals surface area contributed by atoms with Gasteiger partial charge in [0.05, 0.1) is 11.7 Å². The van der Waals surface area contributed by atoms with Crippen molar-refractivity contribution in [2.75, 3.05) is 10.6 Å². The lowest BCUT2D eigenvalue weighted by atomic mass is 9.68.